The van der Waals surface area contributed by atoms with Gasteiger partial charge in [0.15, 0.2) is 0 Å². The molecule has 0 bridgehead atoms. The first-order valence-electron chi connectivity index (χ1n) is 7.42. The minimum absolute atomic E-state index is 0.644. The molecule has 19 heavy (non-hydrogen) atoms. The summed E-state index contributed by atoms with van der Waals surface area (Å²) in [5.74, 6) is 0. The lowest BCUT2D eigenvalue weighted by Crippen LogP contribution is -2.40. The average Bonchev–Trinajstić information content (AvgIpc) is 2.46. The van der Waals surface area contributed by atoms with Crippen LogP contribution in [-0.2, 0) is 4.74 Å². The lowest BCUT2D eigenvalue weighted by molar-refractivity contribution is 0.0783. The van der Waals surface area contributed by atoms with Gasteiger partial charge in [-0.05, 0) is 38.8 Å². The minimum atomic E-state index is 0.644. The van der Waals surface area contributed by atoms with Crippen molar-refractivity contribution >= 4 is 5.69 Å². The number of nitrogens with one attached hydrogen (secondary N) is 1. The third-order valence-electron chi connectivity index (χ3n) is 3.82. The van der Waals surface area contributed by atoms with E-state index < -0.39 is 0 Å². The quantitative estimate of drug-likeness (QED) is 0.853. The van der Waals surface area contributed by atoms with Crippen LogP contribution in [0.1, 0.15) is 25.3 Å². The summed E-state index contributed by atoms with van der Waals surface area (Å²) in [6.45, 7) is 9.34. The molecule has 3 heteroatoms. The molecule has 0 aliphatic carbocycles. The fourth-order valence-corrected chi connectivity index (χ4v) is 2.53. The van der Waals surface area contributed by atoms with Gasteiger partial charge in [-0.1, -0.05) is 17.7 Å². The molecular formula is C16H26N2O. The average molecular weight is 262 g/mol. The summed E-state index contributed by atoms with van der Waals surface area (Å²) in [5, 5.41) is 3.65. The molecule has 0 saturated carbocycles. The van der Waals surface area contributed by atoms with Gasteiger partial charge in [-0.25, -0.2) is 0 Å². The van der Waals surface area contributed by atoms with E-state index in [4.69, 9.17) is 4.74 Å². The number of hydrogen-bond acceptors (Lipinski definition) is 3. The fourth-order valence-electron chi connectivity index (χ4n) is 2.53. The lowest BCUT2D eigenvalue weighted by Gasteiger charge is -2.27. The van der Waals surface area contributed by atoms with Crippen LogP contribution in [0.4, 0.5) is 5.69 Å². The van der Waals surface area contributed by atoms with Gasteiger partial charge in [-0.3, -0.25) is 0 Å². The van der Waals surface area contributed by atoms with E-state index in [9.17, 15) is 0 Å². The third kappa shape index (κ3) is 4.51. The Morgan fingerprint density at radius 3 is 2.53 bits per heavy atom. The summed E-state index contributed by atoms with van der Waals surface area (Å²) in [4.78, 5) is 2.42. The van der Waals surface area contributed by atoms with Gasteiger partial charge >= 0.3 is 0 Å². The molecule has 0 atom stereocenters. The predicted molar refractivity (Wildman–Crippen MR) is 80.9 cm³/mol. The maximum atomic E-state index is 5.38. The van der Waals surface area contributed by atoms with Gasteiger partial charge in [-0.15, -0.1) is 0 Å². The Morgan fingerprint density at radius 1 is 1.21 bits per heavy atom. The Bertz CT molecular complexity index is 358. The molecular weight excluding hydrogens is 236 g/mol. The lowest BCUT2D eigenvalue weighted by atomic mass is 10.1. The second-order valence-electron chi connectivity index (χ2n) is 5.26. The van der Waals surface area contributed by atoms with Crippen molar-refractivity contribution in [2.45, 2.75) is 32.7 Å². The summed E-state index contributed by atoms with van der Waals surface area (Å²) in [7, 11) is 0. The van der Waals surface area contributed by atoms with Crippen LogP contribution < -0.4 is 10.2 Å². The van der Waals surface area contributed by atoms with E-state index in [1.54, 1.807) is 0 Å². The summed E-state index contributed by atoms with van der Waals surface area (Å²) in [5.41, 5.74) is 2.64. The fraction of sp³-hybridized carbons (Fsp3) is 0.625. The largest absolute Gasteiger partial charge is 0.381 e. The zero-order chi connectivity index (χ0) is 13.5. The molecule has 0 amide bonds. The number of anilines is 1. The first-order valence-corrected chi connectivity index (χ1v) is 7.42. The number of nitrogens with zero attached hydrogens (tertiary/aromatic N) is 1. The number of hydrogen-bond donors (Lipinski definition) is 1. The third-order valence-corrected chi connectivity index (χ3v) is 3.82. The van der Waals surface area contributed by atoms with Crippen LogP contribution >= 0.6 is 0 Å². The molecule has 2 rings (SSSR count). The van der Waals surface area contributed by atoms with Gasteiger partial charge in [0, 0.05) is 44.6 Å². The molecule has 1 aliphatic heterocycles. The molecule has 1 saturated heterocycles. The van der Waals surface area contributed by atoms with Crippen molar-refractivity contribution in [2.75, 3.05) is 37.7 Å². The molecule has 0 radical (unpaired) electrons. The van der Waals surface area contributed by atoms with Gasteiger partial charge in [0.05, 0.1) is 0 Å². The highest BCUT2D eigenvalue weighted by Gasteiger charge is 2.13. The van der Waals surface area contributed by atoms with Crippen LogP contribution in [0.3, 0.4) is 0 Å². The molecule has 0 unspecified atom stereocenters. The Kier molecular flexibility index (Phi) is 5.67. The normalized spacial score (nSPS) is 16.5. The van der Waals surface area contributed by atoms with Crippen molar-refractivity contribution in [3.8, 4) is 0 Å². The van der Waals surface area contributed by atoms with E-state index >= 15 is 0 Å². The number of rotatable bonds is 6. The van der Waals surface area contributed by atoms with Gasteiger partial charge in [0.2, 0.25) is 0 Å². The van der Waals surface area contributed by atoms with Crippen LogP contribution in [0.2, 0.25) is 0 Å². The predicted octanol–water partition coefficient (Wildman–Crippen LogP) is 2.59. The van der Waals surface area contributed by atoms with Crippen molar-refractivity contribution in [1.82, 2.24) is 5.32 Å². The summed E-state index contributed by atoms with van der Waals surface area (Å²) in [6.07, 6.45) is 2.30. The monoisotopic (exact) mass is 262 g/mol. The van der Waals surface area contributed by atoms with E-state index in [1.807, 2.05) is 0 Å². The van der Waals surface area contributed by atoms with E-state index in [1.165, 1.54) is 11.3 Å². The molecule has 0 spiro atoms. The molecule has 1 aliphatic rings. The van der Waals surface area contributed by atoms with Crippen molar-refractivity contribution < 1.29 is 4.74 Å². The molecule has 1 aromatic carbocycles. The van der Waals surface area contributed by atoms with Gasteiger partial charge in [0.1, 0.15) is 0 Å². The number of aryl methyl sites for hydroxylation is 1. The highest BCUT2D eigenvalue weighted by Crippen LogP contribution is 2.14. The standard InChI is InChI=1S/C16H26N2O/c1-3-18(16-6-4-14(2)5-7-16)11-10-17-15-8-12-19-13-9-15/h4-7,15,17H,3,8-13H2,1-2H3. The zero-order valence-corrected chi connectivity index (χ0v) is 12.2. The van der Waals surface area contributed by atoms with Crippen molar-refractivity contribution in [2.24, 2.45) is 0 Å². The number of ether oxygens (including phenoxy) is 1. The summed E-state index contributed by atoms with van der Waals surface area (Å²) in [6, 6.07) is 9.44. The maximum Gasteiger partial charge on any atom is 0.0480 e. The Hall–Kier alpha value is -1.06. The van der Waals surface area contributed by atoms with Gasteiger partial charge in [-0.2, -0.15) is 0 Å². The Morgan fingerprint density at radius 2 is 1.89 bits per heavy atom. The Labute approximate surface area is 116 Å². The summed E-state index contributed by atoms with van der Waals surface area (Å²) < 4.78 is 5.38. The molecule has 1 fully saturated rings. The molecule has 3 nitrogen and oxygen atoms in total. The number of likely N-dealkylation sites (N-methyl/N-ethyl adjacent to an activating group) is 1. The van der Waals surface area contributed by atoms with Crippen LogP contribution in [0, 0.1) is 6.92 Å². The highest BCUT2D eigenvalue weighted by atomic mass is 16.5. The van der Waals surface area contributed by atoms with E-state index in [0.29, 0.717) is 6.04 Å². The highest BCUT2D eigenvalue weighted by molar-refractivity contribution is 5.47. The maximum absolute atomic E-state index is 5.38. The van der Waals surface area contributed by atoms with Crippen LogP contribution in [0.5, 0.6) is 0 Å². The first kappa shape index (κ1) is 14.4. The summed E-state index contributed by atoms with van der Waals surface area (Å²) >= 11 is 0. The first-order chi connectivity index (χ1) is 9.29. The minimum Gasteiger partial charge on any atom is -0.381 e. The van der Waals surface area contributed by atoms with Crippen LogP contribution in [-0.4, -0.2) is 38.9 Å². The smallest absolute Gasteiger partial charge is 0.0480 e. The molecule has 1 N–H and O–H groups in total. The molecule has 1 aromatic rings. The topological polar surface area (TPSA) is 24.5 Å². The van der Waals surface area contributed by atoms with Gasteiger partial charge < -0.3 is 15.0 Å². The van der Waals surface area contributed by atoms with E-state index in [2.05, 4.69) is 48.3 Å². The molecule has 0 aromatic heterocycles. The van der Waals surface area contributed by atoms with Gasteiger partial charge in [0.25, 0.3) is 0 Å². The number of benzene rings is 1. The van der Waals surface area contributed by atoms with E-state index in [0.717, 1.165) is 45.7 Å². The van der Waals surface area contributed by atoms with E-state index in [-0.39, 0.29) is 0 Å². The zero-order valence-electron chi connectivity index (χ0n) is 12.2. The molecule has 1 heterocycles. The van der Waals surface area contributed by atoms with Crippen LogP contribution in [0.25, 0.3) is 0 Å². The Balaban J connectivity index is 1.77. The second-order valence-corrected chi connectivity index (χ2v) is 5.26. The molecule has 106 valence electrons. The second kappa shape index (κ2) is 7.51. The van der Waals surface area contributed by atoms with Crippen LogP contribution in [0.15, 0.2) is 24.3 Å². The van der Waals surface area contributed by atoms with Crippen molar-refractivity contribution in [3.63, 3.8) is 0 Å². The van der Waals surface area contributed by atoms with Crippen molar-refractivity contribution in [3.05, 3.63) is 29.8 Å². The SMILES string of the molecule is CCN(CCNC1CCOCC1)c1ccc(C)cc1. The van der Waals surface area contributed by atoms with Crippen molar-refractivity contribution in [1.29, 1.82) is 0 Å².